The Kier molecular flexibility index (Phi) is 7.05. The highest BCUT2D eigenvalue weighted by atomic mass is 19.1. The number of rotatable bonds is 7. The lowest BCUT2D eigenvalue weighted by Crippen LogP contribution is -2.36. The summed E-state index contributed by atoms with van der Waals surface area (Å²) in [6, 6.07) is 22.5. The van der Waals surface area contributed by atoms with Gasteiger partial charge in [-0.25, -0.2) is 0 Å². The fraction of sp³-hybridized carbons (Fsp3) is 0.130. The molecule has 0 aliphatic rings. The summed E-state index contributed by atoms with van der Waals surface area (Å²) in [5.74, 6) is -2.87. The molecule has 0 heterocycles. The smallest absolute Gasteiger partial charge is 0.313 e. The van der Waals surface area contributed by atoms with Gasteiger partial charge in [0, 0.05) is 24.2 Å². The SMILES string of the molecule is O=C(NCCC(c1ccccc1)c1ccccc1)C(=O)Nc1ccc(F)c([N+](=O)[O-])c1. The Morgan fingerprint density at radius 2 is 1.48 bits per heavy atom. The van der Waals surface area contributed by atoms with Crippen LogP contribution in [0.3, 0.4) is 0 Å². The molecular weight excluding hydrogens is 401 g/mol. The first-order valence-corrected chi connectivity index (χ1v) is 9.58. The number of nitro groups is 1. The Balaban J connectivity index is 1.61. The molecule has 0 aliphatic heterocycles. The molecule has 3 aromatic carbocycles. The fourth-order valence-corrected chi connectivity index (χ4v) is 3.22. The van der Waals surface area contributed by atoms with Crippen LogP contribution in [0, 0.1) is 15.9 Å². The van der Waals surface area contributed by atoms with Crippen molar-refractivity contribution in [2.45, 2.75) is 12.3 Å². The number of benzene rings is 3. The van der Waals surface area contributed by atoms with Crippen LogP contribution < -0.4 is 10.6 Å². The van der Waals surface area contributed by atoms with Crippen LogP contribution in [0.5, 0.6) is 0 Å². The van der Waals surface area contributed by atoms with E-state index in [9.17, 15) is 24.1 Å². The number of nitrogens with one attached hydrogen (secondary N) is 2. The molecular formula is C23H20FN3O4. The van der Waals surface area contributed by atoms with E-state index < -0.39 is 28.2 Å². The summed E-state index contributed by atoms with van der Waals surface area (Å²) >= 11 is 0. The number of nitrogens with zero attached hydrogens (tertiary/aromatic N) is 1. The summed E-state index contributed by atoms with van der Waals surface area (Å²) < 4.78 is 13.4. The van der Waals surface area contributed by atoms with Gasteiger partial charge in [-0.15, -0.1) is 0 Å². The Bertz CT molecular complexity index is 1040. The van der Waals surface area contributed by atoms with Gasteiger partial charge in [0.1, 0.15) is 0 Å². The van der Waals surface area contributed by atoms with Gasteiger partial charge in [-0.1, -0.05) is 60.7 Å². The highest BCUT2D eigenvalue weighted by molar-refractivity contribution is 6.39. The lowest BCUT2D eigenvalue weighted by molar-refractivity contribution is -0.387. The molecule has 158 valence electrons. The summed E-state index contributed by atoms with van der Waals surface area (Å²) in [5.41, 5.74) is 1.35. The summed E-state index contributed by atoms with van der Waals surface area (Å²) in [6.07, 6.45) is 0.565. The Morgan fingerprint density at radius 1 is 0.903 bits per heavy atom. The predicted octanol–water partition coefficient (Wildman–Crippen LogP) is 4.01. The minimum Gasteiger partial charge on any atom is -0.348 e. The second kappa shape index (κ2) is 10.1. The van der Waals surface area contributed by atoms with E-state index in [1.54, 1.807) is 0 Å². The summed E-state index contributed by atoms with van der Waals surface area (Å²) in [4.78, 5) is 34.2. The molecule has 7 nitrogen and oxygen atoms in total. The van der Waals surface area contributed by atoms with Gasteiger partial charge in [-0.3, -0.25) is 19.7 Å². The standard InChI is InChI=1S/C23H20FN3O4/c24-20-12-11-18(15-21(20)27(30)31)26-23(29)22(28)25-14-13-19(16-7-3-1-4-8-16)17-9-5-2-6-10-17/h1-12,15,19H,13-14H2,(H,25,28)(H,26,29). The van der Waals surface area contributed by atoms with Crippen LogP contribution in [-0.4, -0.2) is 23.3 Å². The number of halogens is 1. The molecule has 3 aromatic rings. The van der Waals surface area contributed by atoms with Gasteiger partial charge in [0.05, 0.1) is 4.92 Å². The van der Waals surface area contributed by atoms with Crippen LogP contribution in [0.2, 0.25) is 0 Å². The molecule has 0 radical (unpaired) electrons. The van der Waals surface area contributed by atoms with Gasteiger partial charge in [-0.2, -0.15) is 4.39 Å². The second-order valence-electron chi connectivity index (χ2n) is 6.80. The molecule has 0 saturated carbocycles. The molecule has 0 aliphatic carbocycles. The van der Waals surface area contributed by atoms with Crippen molar-refractivity contribution in [2.24, 2.45) is 0 Å². The van der Waals surface area contributed by atoms with E-state index in [4.69, 9.17) is 0 Å². The minimum absolute atomic E-state index is 0.0329. The van der Waals surface area contributed by atoms with Crippen LogP contribution in [0.1, 0.15) is 23.5 Å². The molecule has 0 unspecified atom stereocenters. The molecule has 2 amide bonds. The number of anilines is 1. The number of carbonyl (C=O) groups is 2. The van der Waals surface area contributed by atoms with Crippen molar-refractivity contribution in [1.82, 2.24) is 5.32 Å². The third-order valence-corrected chi connectivity index (χ3v) is 4.73. The average Bonchev–Trinajstić information content (AvgIpc) is 2.78. The van der Waals surface area contributed by atoms with E-state index in [0.29, 0.717) is 6.42 Å². The number of carbonyl (C=O) groups excluding carboxylic acids is 2. The normalized spacial score (nSPS) is 10.5. The minimum atomic E-state index is -1.03. The molecule has 0 spiro atoms. The molecule has 0 bridgehead atoms. The molecule has 0 saturated heterocycles. The van der Waals surface area contributed by atoms with E-state index in [1.807, 2.05) is 60.7 Å². The molecule has 8 heteroatoms. The van der Waals surface area contributed by atoms with Crippen molar-refractivity contribution in [3.63, 3.8) is 0 Å². The van der Waals surface area contributed by atoms with Gasteiger partial charge < -0.3 is 10.6 Å². The van der Waals surface area contributed by atoms with Gasteiger partial charge >= 0.3 is 17.5 Å². The van der Waals surface area contributed by atoms with Gasteiger partial charge in [0.25, 0.3) is 0 Å². The number of nitro benzene ring substituents is 1. The van der Waals surface area contributed by atoms with Gasteiger partial charge in [0.15, 0.2) is 0 Å². The first kappa shape index (κ1) is 21.6. The van der Waals surface area contributed by atoms with Crippen LogP contribution in [0.25, 0.3) is 0 Å². The zero-order valence-electron chi connectivity index (χ0n) is 16.5. The summed E-state index contributed by atoms with van der Waals surface area (Å²) in [7, 11) is 0. The third kappa shape index (κ3) is 5.72. The Morgan fingerprint density at radius 3 is 2.03 bits per heavy atom. The maximum atomic E-state index is 13.4. The zero-order chi connectivity index (χ0) is 22.2. The number of hydrogen-bond acceptors (Lipinski definition) is 4. The lowest BCUT2D eigenvalue weighted by atomic mass is 9.88. The predicted molar refractivity (Wildman–Crippen MR) is 114 cm³/mol. The number of hydrogen-bond donors (Lipinski definition) is 2. The largest absolute Gasteiger partial charge is 0.348 e. The first-order chi connectivity index (χ1) is 15.0. The highest BCUT2D eigenvalue weighted by Crippen LogP contribution is 2.27. The van der Waals surface area contributed by atoms with Crippen LogP contribution in [-0.2, 0) is 9.59 Å². The van der Waals surface area contributed by atoms with Crippen molar-refractivity contribution in [1.29, 1.82) is 0 Å². The van der Waals surface area contributed by atoms with Crippen LogP contribution >= 0.6 is 0 Å². The van der Waals surface area contributed by atoms with E-state index in [2.05, 4.69) is 10.6 Å². The third-order valence-electron chi connectivity index (χ3n) is 4.73. The monoisotopic (exact) mass is 421 g/mol. The first-order valence-electron chi connectivity index (χ1n) is 9.58. The van der Waals surface area contributed by atoms with Crippen molar-refractivity contribution in [3.05, 3.63) is 106 Å². The van der Waals surface area contributed by atoms with E-state index in [1.165, 1.54) is 0 Å². The molecule has 2 N–H and O–H groups in total. The van der Waals surface area contributed by atoms with E-state index in [-0.39, 0.29) is 18.2 Å². The van der Waals surface area contributed by atoms with Crippen LogP contribution in [0.15, 0.2) is 78.9 Å². The summed E-state index contributed by atoms with van der Waals surface area (Å²) in [5, 5.41) is 15.6. The summed E-state index contributed by atoms with van der Waals surface area (Å²) in [6.45, 7) is 0.240. The molecule has 0 fully saturated rings. The highest BCUT2D eigenvalue weighted by Gasteiger charge is 2.19. The average molecular weight is 421 g/mol. The maximum absolute atomic E-state index is 13.4. The lowest BCUT2D eigenvalue weighted by Gasteiger charge is -2.18. The Hall–Kier alpha value is -4.07. The molecule has 0 aromatic heterocycles. The Labute approximate surface area is 178 Å². The van der Waals surface area contributed by atoms with E-state index >= 15 is 0 Å². The molecule has 31 heavy (non-hydrogen) atoms. The second-order valence-corrected chi connectivity index (χ2v) is 6.80. The maximum Gasteiger partial charge on any atom is 0.313 e. The van der Waals surface area contributed by atoms with Gasteiger partial charge in [-0.05, 0) is 29.7 Å². The quantitative estimate of drug-likeness (QED) is 0.342. The van der Waals surface area contributed by atoms with Crippen molar-refractivity contribution in [3.8, 4) is 0 Å². The van der Waals surface area contributed by atoms with Crippen molar-refractivity contribution < 1.29 is 18.9 Å². The van der Waals surface area contributed by atoms with E-state index in [0.717, 1.165) is 29.3 Å². The van der Waals surface area contributed by atoms with Crippen LogP contribution in [0.4, 0.5) is 15.8 Å². The fourth-order valence-electron chi connectivity index (χ4n) is 3.22. The molecule has 0 atom stereocenters. The van der Waals surface area contributed by atoms with Gasteiger partial charge in [0.2, 0.25) is 5.82 Å². The topological polar surface area (TPSA) is 101 Å². The number of amides is 2. The molecule has 3 rings (SSSR count). The zero-order valence-corrected chi connectivity index (χ0v) is 16.5. The van der Waals surface area contributed by atoms with Crippen molar-refractivity contribution in [2.75, 3.05) is 11.9 Å². The van der Waals surface area contributed by atoms with Crippen molar-refractivity contribution >= 4 is 23.2 Å².